The molecule has 0 heterocycles. The van der Waals surface area contributed by atoms with Crippen molar-refractivity contribution in [2.45, 2.75) is 70.6 Å². The van der Waals surface area contributed by atoms with Gasteiger partial charge in [0.05, 0.1) is 12.6 Å². The van der Waals surface area contributed by atoms with Crippen molar-refractivity contribution in [1.82, 2.24) is 21.3 Å². The van der Waals surface area contributed by atoms with Crippen molar-refractivity contribution in [3.63, 3.8) is 0 Å². The lowest BCUT2D eigenvalue weighted by Crippen LogP contribution is -2.61. The number of phenolic OH excluding ortho intramolecular Hbond substituents is 1. The van der Waals surface area contributed by atoms with Gasteiger partial charge in [0.2, 0.25) is 29.5 Å². The highest BCUT2D eigenvalue weighted by Gasteiger charge is 2.36. The van der Waals surface area contributed by atoms with Crippen LogP contribution in [0, 0.1) is 5.92 Å². The lowest BCUT2D eigenvalue weighted by atomic mass is 9.89. The number of primary amides is 1. The maximum absolute atomic E-state index is 13.3. The monoisotopic (exact) mass is 618 g/mol. The van der Waals surface area contributed by atoms with Gasteiger partial charge in [-0.1, -0.05) is 56.3 Å². The third-order valence-corrected chi connectivity index (χ3v) is 6.60. The molecule has 0 aliphatic rings. The number of nitrogens with two attached hydrogens (primary N) is 2. The van der Waals surface area contributed by atoms with Crippen LogP contribution < -0.4 is 32.7 Å². The molecular weight excluding hydrogens is 576 g/mol. The zero-order chi connectivity index (χ0) is 31.4. The zero-order valence-corrected chi connectivity index (χ0v) is 25.7. The molecule has 0 aromatic heterocycles. The molecule has 2 rings (SSSR count). The summed E-state index contributed by atoms with van der Waals surface area (Å²) in [6.07, 6.45) is 0.631. The molecule has 4 atom stereocenters. The second kappa shape index (κ2) is 17.1. The molecule has 13 heteroatoms. The number of hydrogen-bond acceptors (Lipinski definition) is 7. The first-order valence-electron chi connectivity index (χ1n) is 13.8. The molecule has 12 nitrogen and oxygen atoms in total. The summed E-state index contributed by atoms with van der Waals surface area (Å²) in [7, 11) is 0. The van der Waals surface area contributed by atoms with E-state index in [-0.39, 0.29) is 36.9 Å². The minimum Gasteiger partial charge on any atom is -0.508 e. The number of hydrogen-bond donors (Lipinski definition) is 7. The molecule has 43 heavy (non-hydrogen) atoms. The summed E-state index contributed by atoms with van der Waals surface area (Å²) in [5.41, 5.74) is 11.7. The molecule has 0 radical (unpaired) electrons. The van der Waals surface area contributed by atoms with Gasteiger partial charge in [0.1, 0.15) is 23.4 Å². The fraction of sp³-hybridized carbons (Fsp3) is 0.433. The summed E-state index contributed by atoms with van der Waals surface area (Å²) < 4.78 is 0. The number of carbonyl (C=O) groups is 5. The number of carbonyl (C=O) groups excluding carboxylic acids is 5. The Hall–Kier alpha value is -4.16. The van der Waals surface area contributed by atoms with E-state index >= 15 is 0 Å². The normalized spacial score (nSPS) is 14.2. The molecule has 0 aliphatic carbocycles. The van der Waals surface area contributed by atoms with E-state index in [4.69, 9.17) is 11.5 Å². The number of amides is 5. The van der Waals surface area contributed by atoms with Gasteiger partial charge in [-0.05, 0) is 55.9 Å². The second-order valence-corrected chi connectivity index (χ2v) is 11.0. The van der Waals surface area contributed by atoms with Crippen LogP contribution in [0.25, 0.3) is 0 Å². The van der Waals surface area contributed by atoms with Crippen molar-refractivity contribution >= 4 is 41.9 Å². The van der Waals surface area contributed by atoms with E-state index in [9.17, 15) is 29.1 Å². The van der Waals surface area contributed by atoms with Gasteiger partial charge < -0.3 is 37.8 Å². The van der Waals surface area contributed by atoms with Crippen LogP contribution in [0.5, 0.6) is 5.75 Å². The maximum Gasteiger partial charge on any atom is 0.243 e. The maximum atomic E-state index is 13.3. The quantitative estimate of drug-likeness (QED) is 0.150. The van der Waals surface area contributed by atoms with E-state index in [1.807, 2.05) is 19.9 Å². The van der Waals surface area contributed by atoms with Crippen molar-refractivity contribution in [2.24, 2.45) is 17.4 Å². The summed E-state index contributed by atoms with van der Waals surface area (Å²) in [4.78, 5) is 63.3. The Bertz CT molecular complexity index is 1240. The topological polar surface area (TPSA) is 206 Å². The fourth-order valence-corrected chi connectivity index (χ4v) is 4.38. The van der Waals surface area contributed by atoms with E-state index in [1.165, 1.54) is 19.1 Å². The SMILES string of the molecule is CC(C)C[C@](C)(NC(=O)[C@H](Cc1ccccc1)NC(=O)CNC(=O)[C@@H](C)NC(=O)[C@@H](N)Cc1ccc(O)cc1)C(N)=O.Cl. The standard InChI is InChI=1S/C30H42N6O6.ClH/c1-18(2)16-30(4,29(32)42)36-28(41)24(15-20-8-6-5-7-9-20)35-25(38)17-33-26(39)19(3)34-27(40)23(31)14-21-10-12-22(37)13-11-21;/h5-13,18-19,23-24,37H,14-17,31H2,1-4H3,(H2,32,42)(H,33,39)(H,34,40)(H,35,38)(H,36,41);1H/t19-,23+,24+,30+;/m1./s1. The van der Waals surface area contributed by atoms with Crippen molar-refractivity contribution in [3.8, 4) is 5.75 Å². The minimum absolute atomic E-state index is 0. The highest BCUT2D eigenvalue weighted by atomic mass is 35.5. The molecule has 0 bridgehead atoms. The number of benzene rings is 2. The Kier molecular flexibility index (Phi) is 14.6. The first kappa shape index (κ1) is 36.9. The predicted octanol–water partition coefficient (Wildman–Crippen LogP) is 0.439. The van der Waals surface area contributed by atoms with Gasteiger partial charge in [0.15, 0.2) is 0 Å². The molecule has 2 aromatic carbocycles. The predicted molar refractivity (Wildman–Crippen MR) is 165 cm³/mol. The van der Waals surface area contributed by atoms with Crippen LogP contribution in [0.2, 0.25) is 0 Å². The van der Waals surface area contributed by atoms with Gasteiger partial charge in [0.25, 0.3) is 0 Å². The van der Waals surface area contributed by atoms with Crippen molar-refractivity contribution in [1.29, 1.82) is 0 Å². The van der Waals surface area contributed by atoms with Crippen LogP contribution in [0.1, 0.15) is 45.2 Å². The smallest absolute Gasteiger partial charge is 0.243 e. The first-order chi connectivity index (χ1) is 19.7. The fourth-order valence-electron chi connectivity index (χ4n) is 4.38. The van der Waals surface area contributed by atoms with Crippen molar-refractivity contribution < 1.29 is 29.1 Å². The van der Waals surface area contributed by atoms with Gasteiger partial charge >= 0.3 is 0 Å². The van der Waals surface area contributed by atoms with E-state index in [0.717, 1.165) is 11.1 Å². The molecule has 2 aromatic rings. The van der Waals surface area contributed by atoms with Crippen LogP contribution in [-0.2, 0) is 36.8 Å². The summed E-state index contributed by atoms with van der Waals surface area (Å²) in [5, 5.41) is 19.7. The third kappa shape index (κ3) is 12.3. The largest absolute Gasteiger partial charge is 0.508 e. The van der Waals surface area contributed by atoms with Crippen molar-refractivity contribution in [2.75, 3.05) is 6.54 Å². The average Bonchev–Trinajstić information content (AvgIpc) is 2.92. The van der Waals surface area contributed by atoms with Crippen molar-refractivity contribution in [3.05, 3.63) is 65.7 Å². The van der Waals surface area contributed by atoms with Crippen LogP contribution in [0.3, 0.4) is 0 Å². The first-order valence-corrected chi connectivity index (χ1v) is 13.8. The summed E-state index contributed by atoms with van der Waals surface area (Å²) in [6.45, 7) is 6.32. The lowest BCUT2D eigenvalue weighted by molar-refractivity contribution is -0.134. The molecule has 0 saturated heterocycles. The van der Waals surface area contributed by atoms with Crippen LogP contribution in [0.4, 0.5) is 0 Å². The minimum atomic E-state index is -1.32. The molecule has 5 amide bonds. The number of rotatable bonds is 15. The zero-order valence-electron chi connectivity index (χ0n) is 24.9. The van der Waals surface area contributed by atoms with Crippen LogP contribution in [0.15, 0.2) is 54.6 Å². The molecule has 236 valence electrons. The van der Waals surface area contributed by atoms with Gasteiger partial charge in [-0.3, -0.25) is 24.0 Å². The molecule has 0 fully saturated rings. The number of phenols is 1. The molecule has 0 aliphatic heterocycles. The number of halogens is 1. The Morgan fingerprint density at radius 3 is 1.98 bits per heavy atom. The van der Waals surface area contributed by atoms with E-state index in [2.05, 4.69) is 21.3 Å². The summed E-state index contributed by atoms with van der Waals surface area (Å²) >= 11 is 0. The van der Waals surface area contributed by atoms with E-state index < -0.39 is 59.7 Å². The van der Waals surface area contributed by atoms with E-state index in [1.54, 1.807) is 43.3 Å². The Balaban J connectivity index is 0.00000924. The third-order valence-electron chi connectivity index (χ3n) is 6.60. The van der Waals surface area contributed by atoms with Gasteiger partial charge in [-0.15, -0.1) is 12.4 Å². The highest BCUT2D eigenvalue weighted by Crippen LogP contribution is 2.17. The van der Waals surface area contributed by atoms with Gasteiger partial charge in [-0.2, -0.15) is 0 Å². The highest BCUT2D eigenvalue weighted by molar-refractivity contribution is 5.95. The van der Waals surface area contributed by atoms with Gasteiger partial charge in [0, 0.05) is 6.42 Å². The summed E-state index contributed by atoms with van der Waals surface area (Å²) in [5.74, 6) is -2.97. The lowest BCUT2D eigenvalue weighted by Gasteiger charge is -2.31. The molecule has 0 unspecified atom stereocenters. The number of aromatic hydroxyl groups is 1. The van der Waals surface area contributed by atoms with E-state index in [0.29, 0.717) is 6.42 Å². The molecule has 0 spiro atoms. The summed E-state index contributed by atoms with van der Waals surface area (Å²) in [6, 6.07) is 12.3. The van der Waals surface area contributed by atoms with Crippen LogP contribution >= 0.6 is 12.4 Å². The number of nitrogens with one attached hydrogen (secondary N) is 4. The second-order valence-electron chi connectivity index (χ2n) is 11.0. The Morgan fingerprint density at radius 2 is 1.42 bits per heavy atom. The van der Waals surface area contributed by atoms with Crippen LogP contribution in [-0.4, -0.2) is 64.9 Å². The molecule has 9 N–H and O–H groups in total. The Morgan fingerprint density at radius 1 is 0.837 bits per heavy atom. The average molecular weight is 619 g/mol. The Labute approximate surface area is 258 Å². The van der Waals surface area contributed by atoms with Gasteiger partial charge in [-0.25, -0.2) is 0 Å². The molecular formula is C30H43ClN6O6. The molecule has 0 saturated carbocycles.